The van der Waals surface area contributed by atoms with Gasteiger partial charge in [0.25, 0.3) is 10.1 Å². The number of aliphatic hydroxyl groups excluding tert-OH is 1. The Balaban J connectivity index is 4.06. The SMILES string of the molecule is O=C([O-])[C@@H](O)CS(=O)(=O)O. The van der Waals surface area contributed by atoms with Crippen molar-refractivity contribution in [3.63, 3.8) is 0 Å². The maximum Gasteiger partial charge on any atom is 0.267 e. The lowest BCUT2D eigenvalue weighted by molar-refractivity contribution is -0.313. The van der Waals surface area contributed by atoms with Crippen LogP contribution in [0.3, 0.4) is 0 Å². The van der Waals surface area contributed by atoms with Crippen LogP contribution in [0.25, 0.3) is 0 Å². The van der Waals surface area contributed by atoms with Gasteiger partial charge < -0.3 is 15.0 Å². The minimum Gasteiger partial charge on any atom is -0.547 e. The van der Waals surface area contributed by atoms with E-state index in [9.17, 15) is 18.3 Å². The molecule has 6 nitrogen and oxygen atoms in total. The molecule has 0 bridgehead atoms. The van der Waals surface area contributed by atoms with Crippen molar-refractivity contribution in [2.24, 2.45) is 0 Å². The topological polar surface area (TPSA) is 115 Å². The molecule has 10 heavy (non-hydrogen) atoms. The van der Waals surface area contributed by atoms with Gasteiger partial charge in [0, 0.05) is 0 Å². The molecule has 0 aromatic heterocycles. The van der Waals surface area contributed by atoms with E-state index in [-0.39, 0.29) is 0 Å². The van der Waals surface area contributed by atoms with Crippen LogP contribution in [0.4, 0.5) is 0 Å². The molecule has 0 aliphatic rings. The lowest BCUT2D eigenvalue weighted by Crippen LogP contribution is -2.39. The Morgan fingerprint density at radius 1 is 1.60 bits per heavy atom. The number of carbonyl (C=O) groups is 1. The van der Waals surface area contributed by atoms with Gasteiger partial charge in [0.15, 0.2) is 0 Å². The normalized spacial score (nSPS) is 14.6. The number of rotatable bonds is 3. The molecule has 0 amide bonds. The largest absolute Gasteiger partial charge is 0.547 e. The molecule has 0 aliphatic heterocycles. The third kappa shape index (κ3) is 4.24. The maximum absolute atomic E-state index is 9.85. The summed E-state index contributed by atoms with van der Waals surface area (Å²) in [4.78, 5) is 9.64. The Kier molecular flexibility index (Phi) is 2.76. The summed E-state index contributed by atoms with van der Waals surface area (Å²) in [5.74, 6) is -3.17. The Morgan fingerprint density at radius 3 is 2.10 bits per heavy atom. The fraction of sp³-hybridized carbons (Fsp3) is 0.667. The van der Waals surface area contributed by atoms with Crippen LogP contribution in [-0.4, -0.2) is 35.9 Å². The Bertz CT molecular complexity index is 215. The molecule has 0 spiro atoms. The van der Waals surface area contributed by atoms with E-state index in [1.165, 1.54) is 0 Å². The average molecular weight is 169 g/mol. The second-order valence-corrected chi connectivity index (χ2v) is 3.08. The second-order valence-electron chi connectivity index (χ2n) is 1.58. The van der Waals surface area contributed by atoms with Crippen LogP contribution in [0, 0.1) is 0 Å². The summed E-state index contributed by atoms with van der Waals surface area (Å²) in [5, 5.41) is 17.9. The predicted octanol–water partition coefficient (Wildman–Crippen LogP) is -3.01. The number of aliphatic hydroxyl groups is 1. The maximum atomic E-state index is 9.85. The monoisotopic (exact) mass is 169 g/mol. The molecule has 1 atom stereocenters. The third-order valence-electron chi connectivity index (χ3n) is 0.641. The van der Waals surface area contributed by atoms with Crippen molar-refractivity contribution in [2.75, 3.05) is 5.75 Å². The van der Waals surface area contributed by atoms with E-state index in [1.807, 2.05) is 0 Å². The van der Waals surface area contributed by atoms with E-state index < -0.39 is 27.9 Å². The quantitative estimate of drug-likeness (QED) is 0.434. The zero-order chi connectivity index (χ0) is 8.36. The number of aliphatic carboxylic acids is 1. The predicted molar refractivity (Wildman–Crippen MR) is 27.4 cm³/mol. The molecule has 2 N–H and O–H groups in total. The summed E-state index contributed by atoms with van der Waals surface area (Å²) < 4.78 is 27.7. The van der Waals surface area contributed by atoms with Crippen LogP contribution in [0.15, 0.2) is 0 Å². The van der Waals surface area contributed by atoms with Crippen LogP contribution in [-0.2, 0) is 14.9 Å². The highest BCUT2D eigenvalue weighted by Crippen LogP contribution is 1.87. The molecule has 0 aromatic rings. The zero-order valence-electron chi connectivity index (χ0n) is 4.72. The summed E-state index contributed by atoms with van der Waals surface area (Å²) in [6.07, 6.45) is -2.17. The Morgan fingerprint density at radius 2 is 2.00 bits per heavy atom. The van der Waals surface area contributed by atoms with Crippen molar-refractivity contribution in [3.8, 4) is 0 Å². The Hall–Kier alpha value is -0.660. The van der Waals surface area contributed by atoms with Crippen LogP contribution in [0.5, 0.6) is 0 Å². The molecular formula is C3H5O6S-. The highest BCUT2D eigenvalue weighted by molar-refractivity contribution is 7.85. The minimum absolute atomic E-state index is 1.24. The fourth-order valence-corrected chi connectivity index (χ4v) is 0.803. The number of carbonyl (C=O) groups excluding carboxylic acids is 1. The molecule has 0 fully saturated rings. The van der Waals surface area contributed by atoms with E-state index in [0.29, 0.717) is 0 Å². The van der Waals surface area contributed by atoms with Gasteiger partial charge >= 0.3 is 0 Å². The van der Waals surface area contributed by atoms with Gasteiger partial charge in [-0.1, -0.05) is 0 Å². The lowest BCUT2D eigenvalue weighted by Gasteiger charge is -2.07. The second kappa shape index (κ2) is 2.95. The van der Waals surface area contributed by atoms with Crippen LogP contribution in [0.2, 0.25) is 0 Å². The molecule has 0 heterocycles. The van der Waals surface area contributed by atoms with E-state index in [0.717, 1.165) is 0 Å². The van der Waals surface area contributed by atoms with Gasteiger partial charge in [0.05, 0.1) is 5.97 Å². The first-order valence-corrected chi connectivity index (χ1v) is 3.78. The zero-order valence-corrected chi connectivity index (χ0v) is 5.54. The summed E-state index contributed by atoms with van der Waals surface area (Å²) in [6, 6.07) is 0. The van der Waals surface area contributed by atoms with Crippen LogP contribution < -0.4 is 5.11 Å². The molecule has 7 heteroatoms. The summed E-state index contributed by atoms with van der Waals surface area (Å²) >= 11 is 0. The van der Waals surface area contributed by atoms with Gasteiger partial charge in [-0.2, -0.15) is 8.42 Å². The van der Waals surface area contributed by atoms with E-state index in [1.54, 1.807) is 0 Å². The molecule has 0 aliphatic carbocycles. The van der Waals surface area contributed by atoms with Crippen molar-refractivity contribution in [1.82, 2.24) is 0 Å². The number of hydrogen-bond donors (Lipinski definition) is 2. The first-order chi connectivity index (χ1) is 4.33. The summed E-state index contributed by atoms with van der Waals surface area (Å²) in [6.45, 7) is 0. The van der Waals surface area contributed by atoms with E-state index >= 15 is 0 Å². The molecule has 0 radical (unpaired) electrons. The van der Waals surface area contributed by atoms with Crippen molar-refractivity contribution in [3.05, 3.63) is 0 Å². The van der Waals surface area contributed by atoms with Crippen LogP contribution >= 0.6 is 0 Å². The van der Waals surface area contributed by atoms with Crippen molar-refractivity contribution in [1.29, 1.82) is 0 Å². The van der Waals surface area contributed by atoms with Crippen LogP contribution in [0.1, 0.15) is 0 Å². The highest BCUT2D eigenvalue weighted by atomic mass is 32.2. The van der Waals surface area contributed by atoms with Crippen molar-refractivity contribution >= 4 is 16.1 Å². The van der Waals surface area contributed by atoms with E-state index in [2.05, 4.69) is 0 Å². The number of carboxylic acids is 1. The van der Waals surface area contributed by atoms with Gasteiger partial charge in [0.1, 0.15) is 11.9 Å². The van der Waals surface area contributed by atoms with Gasteiger partial charge in [0.2, 0.25) is 0 Å². The minimum atomic E-state index is -4.44. The molecule has 0 aromatic carbocycles. The smallest absolute Gasteiger partial charge is 0.267 e. The molecule has 0 saturated carbocycles. The molecule has 0 saturated heterocycles. The molecular weight excluding hydrogens is 164 g/mol. The standard InChI is InChI=1S/C3H6O6S/c4-2(3(5)6)1-10(7,8)9/h2,4H,1H2,(H,5,6)(H,7,8,9)/p-1/t2-/m0/s1. The highest BCUT2D eigenvalue weighted by Gasteiger charge is 2.14. The third-order valence-corrected chi connectivity index (χ3v) is 1.38. The van der Waals surface area contributed by atoms with Crippen molar-refractivity contribution in [2.45, 2.75) is 6.10 Å². The number of hydrogen-bond acceptors (Lipinski definition) is 5. The Labute approximate surface area is 56.8 Å². The van der Waals surface area contributed by atoms with E-state index in [4.69, 9.17) is 9.66 Å². The number of carboxylic acid groups (broad SMARTS) is 1. The van der Waals surface area contributed by atoms with Gasteiger partial charge in [-0.3, -0.25) is 4.55 Å². The molecule has 0 unspecified atom stereocenters. The fourth-order valence-electron chi connectivity index (χ4n) is 0.268. The van der Waals surface area contributed by atoms with Gasteiger partial charge in [-0.05, 0) is 0 Å². The first-order valence-electron chi connectivity index (χ1n) is 2.17. The average Bonchev–Trinajstić information content (AvgIpc) is 1.60. The molecule has 0 rings (SSSR count). The molecule has 60 valence electrons. The lowest BCUT2D eigenvalue weighted by atomic mass is 10.4. The first kappa shape index (κ1) is 9.34. The summed E-state index contributed by atoms with van der Waals surface area (Å²) in [5.41, 5.74) is 0. The van der Waals surface area contributed by atoms with Gasteiger partial charge in [-0.25, -0.2) is 0 Å². The summed E-state index contributed by atoms with van der Waals surface area (Å²) in [7, 11) is -4.44. The van der Waals surface area contributed by atoms with Gasteiger partial charge in [-0.15, -0.1) is 0 Å². The van der Waals surface area contributed by atoms with Crippen molar-refractivity contribution < 1.29 is 28.0 Å².